The minimum absolute atomic E-state index is 0.0384. The van der Waals surface area contributed by atoms with Crippen molar-refractivity contribution < 1.29 is 19.5 Å². The van der Waals surface area contributed by atoms with Gasteiger partial charge in [0.15, 0.2) is 0 Å². The molecule has 1 aromatic rings. The molecule has 0 aliphatic heterocycles. The van der Waals surface area contributed by atoms with Gasteiger partial charge in [-0.2, -0.15) is 0 Å². The molecular weight excluding hydrogens is 292 g/mol. The van der Waals surface area contributed by atoms with Crippen LogP contribution in [0.1, 0.15) is 29.4 Å². The van der Waals surface area contributed by atoms with Crippen LogP contribution in [0.25, 0.3) is 0 Å². The highest BCUT2D eigenvalue weighted by atomic mass is 32.1. The summed E-state index contributed by atoms with van der Waals surface area (Å²) in [5, 5.41) is 15.8. The summed E-state index contributed by atoms with van der Waals surface area (Å²) in [5.74, 6) is -1.72. The molecule has 3 N–H and O–H groups in total. The summed E-state index contributed by atoms with van der Waals surface area (Å²) in [4.78, 5) is 34.8. The Bertz CT molecular complexity index is 511. The summed E-state index contributed by atoms with van der Waals surface area (Å²) < 4.78 is 0. The summed E-state index contributed by atoms with van der Waals surface area (Å²) in [6, 6.07) is 2.52. The molecule has 1 aromatic heterocycles. The topological polar surface area (TPSA) is 95.5 Å². The van der Waals surface area contributed by atoms with Gasteiger partial charge >= 0.3 is 5.97 Å². The van der Waals surface area contributed by atoms with E-state index in [1.165, 1.54) is 11.3 Å². The molecule has 0 saturated carbocycles. The number of aliphatic carboxylic acids is 1. The zero-order valence-corrected chi connectivity index (χ0v) is 12.5. The van der Waals surface area contributed by atoms with Crippen molar-refractivity contribution in [3.63, 3.8) is 0 Å². The van der Waals surface area contributed by atoms with Gasteiger partial charge < -0.3 is 15.7 Å². The van der Waals surface area contributed by atoms with Crippen LogP contribution in [0.3, 0.4) is 0 Å². The zero-order chi connectivity index (χ0) is 15.7. The Balaban J connectivity index is 2.32. The number of carboxylic acid groups (broad SMARTS) is 1. The van der Waals surface area contributed by atoms with Crippen molar-refractivity contribution in [1.29, 1.82) is 0 Å². The third kappa shape index (κ3) is 6.22. The first kappa shape index (κ1) is 16.9. The second-order valence-electron chi connectivity index (χ2n) is 4.25. The van der Waals surface area contributed by atoms with Gasteiger partial charge in [-0.25, -0.2) is 4.79 Å². The molecule has 0 bridgehead atoms. The van der Waals surface area contributed by atoms with E-state index in [0.29, 0.717) is 4.88 Å². The molecule has 7 heteroatoms. The van der Waals surface area contributed by atoms with Gasteiger partial charge in [0.05, 0.1) is 4.88 Å². The maximum atomic E-state index is 11.6. The molecule has 0 radical (unpaired) electrons. The first-order valence-corrected chi connectivity index (χ1v) is 7.37. The predicted octanol–water partition coefficient (Wildman–Crippen LogP) is 1.40. The number of rotatable bonds is 8. The van der Waals surface area contributed by atoms with E-state index in [4.69, 9.17) is 5.11 Å². The lowest BCUT2D eigenvalue weighted by Gasteiger charge is -2.12. The Morgan fingerprint density at radius 3 is 2.76 bits per heavy atom. The number of allylic oxidation sites excluding steroid dienone is 1. The Hall–Kier alpha value is -2.15. The second kappa shape index (κ2) is 8.91. The second-order valence-corrected chi connectivity index (χ2v) is 5.19. The Kier molecular flexibility index (Phi) is 7.17. The maximum Gasteiger partial charge on any atom is 0.326 e. The Morgan fingerprint density at radius 1 is 1.43 bits per heavy atom. The number of hydrogen-bond acceptors (Lipinski definition) is 4. The van der Waals surface area contributed by atoms with Crippen molar-refractivity contribution >= 4 is 29.1 Å². The van der Waals surface area contributed by atoms with E-state index >= 15 is 0 Å². The number of carbonyl (C=O) groups excluding carboxylic acids is 2. The van der Waals surface area contributed by atoms with Crippen LogP contribution < -0.4 is 10.6 Å². The summed E-state index contributed by atoms with van der Waals surface area (Å²) in [6.45, 7) is 1.94. The molecule has 1 heterocycles. The van der Waals surface area contributed by atoms with E-state index in [0.717, 1.165) is 0 Å². The van der Waals surface area contributed by atoms with Gasteiger partial charge in [0.25, 0.3) is 5.91 Å². The van der Waals surface area contributed by atoms with Gasteiger partial charge in [-0.1, -0.05) is 18.2 Å². The van der Waals surface area contributed by atoms with E-state index in [9.17, 15) is 14.4 Å². The molecule has 1 atom stereocenters. The third-order valence-corrected chi connectivity index (χ3v) is 3.49. The Labute approximate surface area is 126 Å². The van der Waals surface area contributed by atoms with E-state index in [2.05, 4.69) is 10.6 Å². The predicted molar refractivity (Wildman–Crippen MR) is 80.3 cm³/mol. The number of carbonyl (C=O) groups is 3. The van der Waals surface area contributed by atoms with E-state index in [1.807, 2.05) is 0 Å². The van der Waals surface area contributed by atoms with E-state index in [1.54, 1.807) is 36.6 Å². The fraction of sp³-hybridized carbons (Fsp3) is 0.357. The quantitative estimate of drug-likeness (QED) is 0.633. The molecule has 0 fully saturated rings. The first-order valence-electron chi connectivity index (χ1n) is 6.49. The number of hydrogen-bond donors (Lipinski definition) is 3. The SMILES string of the molecule is C/C=C/CC(NC(=O)CCNC(=O)c1cccs1)C(=O)O. The van der Waals surface area contributed by atoms with Crippen LogP contribution in [0.2, 0.25) is 0 Å². The van der Waals surface area contributed by atoms with Crippen LogP contribution in [0.5, 0.6) is 0 Å². The van der Waals surface area contributed by atoms with Crippen molar-refractivity contribution in [1.82, 2.24) is 10.6 Å². The maximum absolute atomic E-state index is 11.6. The van der Waals surface area contributed by atoms with Crippen molar-refractivity contribution in [2.45, 2.75) is 25.8 Å². The van der Waals surface area contributed by atoms with Crippen molar-refractivity contribution in [2.75, 3.05) is 6.54 Å². The molecule has 0 aromatic carbocycles. The van der Waals surface area contributed by atoms with Crippen molar-refractivity contribution in [3.05, 3.63) is 34.5 Å². The molecule has 0 saturated heterocycles. The Morgan fingerprint density at radius 2 is 2.19 bits per heavy atom. The van der Waals surface area contributed by atoms with Crippen LogP contribution in [0.15, 0.2) is 29.7 Å². The van der Waals surface area contributed by atoms with Crippen LogP contribution >= 0.6 is 11.3 Å². The molecule has 2 amide bonds. The number of thiophene rings is 1. The van der Waals surface area contributed by atoms with Crippen LogP contribution in [0, 0.1) is 0 Å². The van der Waals surface area contributed by atoms with Crippen molar-refractivity contribution in [3.8, 4) is 0 Å². The molecule has 1 rings (SSSR count). The minimum atomic E-state index is -1.08. The van der Waals surface area contributed by atoms with Crippen LogP contribution in [-0.4, -0.2) is 35.5 Å². The number of amides is 2. The molecule has 6 nitrogen and oxygen atoms in total. The average molecular weight is 310 g/mol. The van der Waals surface area contributed by atoms with Gasteiger partial charge in [0.1, 0.15) is 6.04 Å². The molecule has 0 aliphatic carbocycles. The molecule has 0 aliphatic rings. The fourth-order valence-electron chi connectivity index (χ4n) is 1.54. The highest BCUT2D eigenvalue weighted by Crippen LogP contribution is 2.07. The summed E-state index contributed by atoms with van der Waals surface area (Å²) in [5.41, 5.74) is 0. The summed E-state index contributed by atoms with van der Waals surface area (Å²) >= 11 is 1.32. The molecule has 1 unspecified atom stereocenters. The van der Waals surface area contributed by atoms with Gasteiger partial charge in [0.2, 0.25) is 5.91 Å². The van der Waals surface area contributed by atoms with E-state index < -0.39 is 17.9 Å². The summed E-state index contributed by atoms with van der Waals surface area (Å²) in [7, 11) is 0. The van der Waals surface area contributed by atoms with Gasteiger partial charge in [-0.3, -0.25) is 9.59 Å². The molecule has 0 spiro atoms. The van der Waals surface area contributed by atoms with Gasteiger partial charge in [-0.15, -0.1) is 11.3 Å². The lowest BCUT2D eigenvalue weighted by atomic mass is 10.2. The van der Waals surface area contributed by atoms with Crippen LogP contribution in [0.4, 0.5) is 0 Å². The van der Waals surface area contributed by atoms with Crippen LogP contribution in [-0.2, 0) is 9.59 Å². The minimum Gasteiger partial charge on any atom is -0.480 e. The molecule has 114 valence electrons. The van der Waals surface area contributed by atoms with Gasteiger partial charge in [0, 0.05) is 13.0 Å². The highest BCUT2D eigenvalue weighted by Gasteiger charge is 2.18. The first-order chi connectivity index (χ1) is 10.0. The third-order valence-electron chi connectivity index (χ3n) is 2.62. The van der Waals surface area contributed by atoms with Crippen molar-refractivity contribution in [2.24, 2.45) is 0 Å². The average Bonchev–Trinajstić information content (AvgIpc) is 2.97. The lowest BCUT2D eigenvalue weighted by molar-refractivity contribution is -0.141. The highest BCUT2D eigenvalue weighted by molar-refractivity contribution is 7.12. The summed E-state index contributed by atoms with van der Waals surface area (Å²) in [6.07, 6.45) is 3.68. The largest absolute Gasteiger partial charge is 0.480 e. The fourth-order valence-corrected chi connectivity index (χ4v) is 2.18. The zero-order valence-electron chi connectivity index (χ0n) is 11.7. The monoisotopic (exact) mass is 310 g/mol. The smallest absolute Gasteiger partial charge is 0.326 e. The molecular formula is C14H18N2O4S. The standard InChI is InChI=1S/C14H18N2O4S/c1-2-3-5-10(14(19)20)16-12(17)7-8-15-13(18)11-6-4-9-21-11/h2-4,6,9-10H,5,7-8H2,1H3,(H,15,18)(H,16,17)(H,19,20)/b3-2+. The lowest BCUT2D eigenvalue weighted by Crippen LogP contribution is -2.41. The van der Waals surface area contributed by atoms with E-state index in [-0.39, 0.29) is 25.3 Å². The normalized spacial score (nSPS) is 12.0. The molecule has 21 heavy (non-hydrogen) atoms. The van der Waals surface area contributed by atoms with Gasteiger partial charge in [-0.05, 0) is 24.8 Å². The number of carboxylic acids is 1. The number of nitrogens with one attached hydrogen (secondary N) is 2.